The van der Waals surface area contributed by atoms with E-state index < -0.39 is 28.3 Å². The lowest BCUT2D eigenvalue weighted by Gasteiger charge is -2.21. The second kappa shape index (κ2) is 8.35. The summed E-state index contributed by atoms with van der Waals surface area (Å²) >= 11 is 11.8. The highest BCUT2D eigenvalue weighted by Crippen LogP contribution is 2.27. The van der Waals surface area contributed by atoms with Crippen molar-refractivity contribution in [2.75, 3.05) is 18.4 Å². The van der Waals surface area contributed by atoms with Crippen LogP contribution in [0.1, 0.15) is 12.5 Å². The minimum absolute atomic E-state index is 0.00855. The van der Waals surface area contributed by atoms with E-state index in [0.29, 0.717) is 5.56 Å². The van der Waals surface area contributed by atoms with Gasteiger partial charge in [0.2, 0.25) is 15.9 Å². The molecule has 0 spiro atoms. The van der Waals surface area contributed by atoms with Crippen LogP contribution in [0.5, 0.6) is 0 Å². The van der Waals surface area contributed by atoms with E-state index in [-0.39, 0.29) is 27.2 Å². The summed E-state index contributed by atoms with van der Waals surface area (Å²) in [6.07, 6.45) is 0. The molecule has 0 fully saturated rings. The number of anilines is 1. The van der Waals surface area contributed by atoms with Gasteiger partial charge < -0.3 is 5.32 Å². The number of benzene rings is 2. The summed E-state index contributed by atoms with van der Waals surface area (Å²) in [6.45, 7) is 2.89. The molecule has 1 N–H and O–H groups in total. The monoisotopic (exact) mass is 418 g/mol. The van der Waals surface area contributed by atoms with Crippen molar-refractivity contribution in [1.29, 1.82) is 0 Å². The van der Waals surface area contributed by atoms with Gasteiger partial charge >= 0.3 is 0 Å². The number of hydrogen-bond acceptors (Lipinski definition) is 3. The van der Waals surface area contributed by atoms with Crippen molar-refractivity contribution >= 4 is 44.8 Å². The summed E-state index contributed by atoms with van der Waals surface area (Å²) in [5.41, 5.74) is 0.938. The second-order valence-electron chi connectivity index (χ2n) is 5.51. The quantitative estimate of drug-likeness (QED) is 0.767. The normalized spacial score (nSPS) is 11.6. The first-order chi connectivity index (χ1) is 12.1. The predicted molar refractivity (Wildman–Crippen MR) is 101 cm³/mol. The molecule has 0 bridgehead atoms. The second-order valence-corrected chi connectivity index (χ2v) is 8.26. The summed E-state index contributed by atoms with van der Waals surface area (Å²) in [6, 6.07) is 8.04. The molecule has 0 unspecified atom stereocenters. The van der Waals surface area contributed by atoms with Crippen LogP contribution in [-0.2, 0) is 14.8 Å². The van der Waals surface area contributed by atoms with Gasteiger partial charge in [0, 0.05) is 17.3 Å². The van der Waals surface area contributed by atoms with E-state index in [0.717, 1.165) is 4.31 Å². The fourth-order valence-electron chi connectivity index (χ4n) is 2.26. The van der Waals surface area contributed by atoms with Gasteiger partial charge in [0.25, 0.3) is 0 Å². The van der Waals surface area contributed by atoms with Crippen LogP contribution in [0.2, 0.25) is 10.0 Å². The van der Waals surface area contributed by atoms with Gasteiger partial charge in [-0.15, -0.1) is 0 Å². The number of nitrogens with zero attached hydrogens (tertiary/aromatic N) is 1. The van der Waals surface area contributed by atoms with Crippen molar-refractivity contribution in [3.63, 3.8) is 0 Å². The van der Waals surface area contributed by atoms with Crippen LogP contribution in [0.3, 0.4) is 0 Å². The number of sulfonamides is 1. The Hall–Kier alpha value is -1.67. The van der Waals surface area contributed by atoms with Crippen LogP contribution in [0.4, 0.5) is 10.1 Å². The zero-order valence-corrected chi connectivity index (χ0v) is 16.4. The molecule has 0 radical (unpaired) electrons. The maximum atomic E-state index is 13.3. The molecule has 0 aliphatic rings. The van der Waals surface area contributed by atoms with E-state index in [1.165, 1.54) is 36.4 Å². The van der Waals surface area contributed by atoms with E-state index in [2.05, 4.69) is 5.32 Å². The summed E-state index contributed by atoms with van der Waals surface area (Å²) in [5.74, 6) is -1.10. The van der Waals surface area contributed by atoms with Gasteiger partial charge in [-0.25, -0.2) is 12.8 Å². The van der Waals surface area contributed by atoms with Crippen molar-refractivity contribution in [2.24, 2.45) is 0 Å². The third-order valence-electron chi connectivity index (χ3n) is 3.66. The molecular weight excluding hydrogens is 402 g/mol. The van der Waals surface area contributed by atoms with Crippen molar-refractivity contribution in [3.05, 3.63) is 57.8 Å². The fourth-order valence-corrected chi connectivity index (χ4v) is 4.40. The minimum Gasteiger partial charge on any atom is -0.325 e. The first-order valence-corrected chi connectivity index (χ1v) is 9.86. The maximum absolute atomic E-state index is 13.3. The number of halogens is 3. The highest BCUT2D eigenvalue weighted by atomic mass is 35.5. The number of carbonyl (C=O) groups is 1. The van der Waals surface area contributed by atoms with E-state index in [1.807, 2.05) is 0 Å². The number of amides is 1. The van der Waals surface area contributed by atoms with Gasteiger partial charge in [0.1, 0.15) is 10.7 Å². The van der Waals surface area contributed by atoms with Gasteiger partial charge in [-0.2, -0.15) is 4.31 Å². The molecule has 2 aromatic carbocycles. The van der Waals surface area contributed by atoms with Crippen LogP contribution < -0.4 is 5.32 Å². The maximum Gasteiger partial charge on any atom is 0.245 e. The lowest BCUT2D eigenvalue weighted by atomic mass is 10.2. The number of nitrogens with one attached hydrogen (secondary N) is 1. The molecule has 0 saturated carbocycles. The van der Waals surface area contributed by atoms with Crippen LogP contribution in [0, 0.1) is 12.7 Å². The molecule has 2 aromatic rings. The first kappa shape index (κ1) is 20.6. The Morgan fingerprint density at radius 3 is 2.54 bits per heavy atom. The molecule has 0 heterocycles. The third-order valence-corrected chi connectivity index (χ3v) is 6.29. The standard InChI is InChI=1S/C17H17Cl2FN2O3S/c1-3-22(26(24,25)16-8-12(18)5-7-14(16)19)10-17(23)21-15-9-13(20)6-4-11(15)2/h4-9H,3,10H2,1-2H3,(H,21,23). The Balaban J connectivity index is 2.24. The zero-order chi connectivity index (χ0) is 19.5. The molecular formula is C17H17Cl2FN2O3S. The molecule has 1 amide bonds. The molecule has 0 aromatic heterocycles. The molecule has 140 valence electrons. The van der Waals surface area contributed by atoms with Crippen LogP contribution in [-0.4, -0.2) is 31.7 Å². The van der Waals surface area contributed by atoms with Crippen LogP contribution >= 0.6 is 23.2 Å². The fraction of sp³-hybridized carbons (Fsp3) is 0.235. The SMILES string of the molecule is CCN(CC(=O)Nc1cc(F)ccc1C)S(=O)(=O)c1cc(Cl)ccc1Cl. The van der Waals surface area contributed by atoms with Gasteiger partial charge in [0.15, 0.2) is 0 Å². The van der Waals surface area contributed by atoms with E-state index in [4.69, 9.17) is 23.2 Å². The largest absolute Gasteiger partial charge is 0.325 e. The highest BCUT2D eigenvalue weighted by molar-refractivity contribution is 7.89. The Kier molecular flexibility index (Phi) is 6.63. The topological polar surface area (TPSA) is 66.5 Å². The number of rotatable bonds is 6. The van der Waals surface area contributed by atoms with Crippen molar-refractivity contribution in [2.45, 2.75) is 18.7 Å². The molecule has 5 nitrogen and oxygen atoms in total. The summed E-state index contributed by atoms with van der Waals surface area (Å²) < 4.78 is 39.9. The summed E-state index contributed by atoms with van der Waals surface area (Å²) in [7, 11) is -4.03. The van der Waals surface area contributed by atoms with Crippen LogP contribution in [0.25, 0.3) is 0 Å². The van der Waals surface area contributed by atoms with Crippen molar-refractivity contribution < 1.29 is 17.6 Å². The zero-order valence-electron chi connectivity index (χ0n) is 14.1. The van der Waals surface area contributed by atoms with E-state index in [1.54, 1.807) is 13.8 Å². The summed E-state index contributed by atoms with van der Waals surface area (Å²) in [5, 5.41) is 2.74. The molecule has 0 aliphatic carbocycles. The highest BCUT2D eigenvalue weighted by Gasteiger charge is 2.27. The third kappa shape index (κ3) is 4.73. The summed E-state index contributed by atoms with van der Waals surface area (Å²) in [4.78, 5) is 12.1. The molecule has 0 aliphatic heterocycles. The average Bonchev–Trinajstić information content (AvgIpc) is 2.57. The Morgan fingerprint density at radius 1 is 1.19 bits per heavy atom. The van der Waals surface area contributed by atoms with Crippen molar-refractivity contribution in [1.82, 2.24) is 4.31 Å². The Morgan fingerprint density at radius 2 is 1.88 bits per heavy atom. The van der Waals surface area contributed by atoms with Gasteiger partial charge in [-0.05, 0) is 42.8 Å². The van der Waals surface area contributed by atoms with E-state index >= 15 is 0 Å². The van der Waals surface area contributed by atoms with E-state index in [9.17, 15) is 17.6 Å². The number of aryl methyl sites for hydroxylation is 1. The minimum atomic E-state index is -4.03. The number of hydrogen-bond donors (Lipinski definition) is 1. The molecule has 26 heavy (non-hydrogen) atoms. The first-order valence-electron chi connectivity index (χ1n) is 7.66. The lowest BCUT2D eigenvalue weighted by Crippen LogP contribution is -2.38. The Bertz CT molecular complexity index is 936. The molecule has 0 saturated heterocycles. The molecule has 2 rings (SSSR count). The smallest absolute Gasteiger partial charge is 0.245 e. The lowest BCUT2D eigenvalue weighted by molar-refractivity contribution is -0.116. The van der Waals surface area contributed by atoms with Crippen LogP contribution in [0.15, 0.2) is 41.3 Å². The van der Waals surface area contributed by atoms with Crippen molar-refractivity contribution in [3.8, 4) is 0 Å². The van der Waals surface area contributed by atoms with Gasteiger partial charge in [0.05, 0.1) is 11.6 Å². The molecule has 0 atom stereocenters. The molecule has 9 heteroatoms. The van der Waals surface area contributed by atoms with Gasteiger partial charge in [-0.3, -0.25) is 4.79 Å². The Labute approximate surface area is 161 Å². The number of likely N-dealkylation sites (N-methyl/N-ethyl adjacent to an activating group) is 1. The predicted octanol–water partition coefficient (Wildman–Crippen LogP) is 4.09. The average molecular weight is 419 g/mol. The number of carbonyl (C=O) groups excluding carboxylic acids is 1. The van der Waals surface area contributed by atoms with Gasteiger partial charge in [-0.1, -0.05) is 36.2 Å².